The van der Waals surface area contributed by atoms with Crippen LogP contribution in [-0.4, -0.2) is 6.54 Å². The summed E-state index contributed by atoms with van der Waals surface area (Å²) < 4.78 is 15.2. The predicted molar refractivity (Wildman–Crippen MR) is 90.0 cm³/mol. The second kappa shape index (κ2) is 7.71. The van der Waals surface area contributed by atoms with Crippen LogP contribution in [0.5, 0.6) is 0 Å². The van der Waals surface area contributed by atoms with Gasteiger partial charge in [0.25, 0.3) is 0 Å². The molecule has 0 radical (unpaired) electrons. The van der Waals surface area contributed by atoms with Gasteiger partial charge in [0.1, 0.15) is 5.82 Å². The summed E-state index contributed by atoms with van der Waals surface area (Å²) in [4.78, 5) is 0. The van der Waals surface area contributed by atoms with Crippen molar-refractivity contribution in [1.82, 2.24) is 5.32 Å². The molecule has 1 atom stereocenters. The molecular weight excluding hydrogens is 329 g/mol. The second-order valence-corrected chi connectivity index (χ2v) is 6.28. The van der Waals surface area contributed by atoms with E-state index in [-0.39, 0.29) is 11.9 Å². The molecule has 0 aliphatic heterocycles. The minimum atomic E-state index is -0.135. The Morgan fingerprint density at radius 2 is 2.00 bits per heavy atom. The average Bonchev–Trinajstić information content (AvgIpc) is 2.46. The van der Waals surface area contributed by atoms with Crippen LogP contribution in [0.25, 0.3) is 0 Å². The van der Waals surface area contributed by atoms with Crippen LogP contribution in [0.4, 0.5) is 4.39 Å². The Bertz CT molecular complexity index is 598. The molecule has 3 heteroatoms. The molecule has 0 amide bonds. The first-order valence-electron chi connectivity index (χ1n) is 7.34. The lowest BCUT2D eigenvalue weighted by molar-refractivity contribution is 0.496. The van der Waals surface area contributed by atoms with Crippen LogP contribution in [0.2, 0.25) is 0 Å². The van der Waals surface area contributed by atoms with Gasteiger partial charge in [-0.15, -0.1) is 0 Å². The number of hydrogen-bond donors (Lipinski definition) is 1. The van der Waals surface area contributed by atoms with Crippen LogP contribution in [0.1, 0.15) is 36.1 Å². The highest BCUT2D eigenvalue weighted by Crippen LogP contribution is 2.24. The normalized spacial score (nSPS) is 12.4. The third-order valence-electron chi connectivity index (χ3n) is 3.50. The smallest absolute Gasteiger partial charge is 0.128 e. The van der Waals surface area contributed by atoms with E-state index in [1.165, 1.54) is 5.56 Å². The van der Waals surface area contributed by atoms with Crippen molar-refractivity contribution in [2.75, 3.05) is 6.54 Å². The third kappa shape index (κ3) is 4.65. The van der Waals surface area contributed by atoms with Gasteiger partial charge in [-0.1, -0.05) is 52.7 Å². The van der Waals surface area contributed by atoms with Crippen LogP contribution < -0.4 is 5.32 Å². The van der Waals surface area contributed by atoms with Crippen molar-refractivity contribution < 1.29 is 4.39 Å². The molecule has 0 heterocycles. The highest BCUT2D eigenvalue weighted by atomic mass is 79.9. The molecule has 0 saturated heterocycles. The molecule has 0 bridgehead atoms. The monoisotopic (exact) mass is 349 g/mol. The molecule has 2 aromatic carbocycles. The SMILES string of the molecule is CCCNC(Cc1cccc(Br)c1)c1cc(C)ccc1F. The minimum Gasteiger partial charge on any atom is -0.310 e. The van der Waals surface area contributed by atoms with Crippen molar-refractivity contribution in [2.24, 2.45) is 0 Å². The number of benzene rings is 2. The predicted octanol–water partition coefficient (Wildman–Crippen LogP) is 5.18. The zero-order chi connectivity index (χ0) is 15.2. The van der Waals surface area contributed by atoms with Gasteiger partial charge in [0.2, 0.25) is 0 Å². The van der Waals surface area contributed by atoms with Gasteiger partial charge in [-0.05, 0) is 50.1 Å². The second-order valence-electron chi connectivity index (χ2n) is 5.37. The van der Waals surface area contributed by atoms with E-state index in [1.807, 2.05) is 31.2 Å². The summed E-state index contributed by atoms with van der Waals surface area (Å²) in [6.07, 6.45) is 1.81. The Morgan fingerprint density at radius 3 is 2.71 bits per heavy atom. The van der Waals surface area contributed by atoms with Gasteiger partial charge in [0, 0.05) is 16.1 Å². The summed E-state index contributed by atoms with van der Waals surface area (Å²) >= 11 is 3.49. The Labute approximate surface area is 134 Å². The van der Waals surface area contributed by atoms with Gasteiger partial charge in [-0.3, -0.25) is 0 Å². The number of hydrogen-bond acceptors (Lipinski definition) is 1. The van der Waals surface area contributed by atoms with E-state index in [0.29, 0.717) is 0 Å². The van der Waals surface area contributed by atoms with Crippen LogP contribution in [0.15, 0.2) is 46.9 Å². The topological polar surface area (TPSA) is 12.0 Å². The van der Waals surface area contributed by atoms with E-state index in [4.69, 9.17) is 0 Å². The molecule has 112 valence electrons. The van der Waals surface area contributed by atoms with Crippen molar-refractivity contribution in [1.29, 1.82) is 0 Å². The molecule has 2 rings (SSSR count). The van der Waals surface area contributed by atoms with Crippen molar-refractivity contribution >= 4 is 15.9 Å². The molecule has 21 heavy (non-hydrogen) atoms. The zero-order valence-corrected chi connectivity index (χ0v) is 14.1. The summed E-state index contributed by atoms with van der Waals surface area (Å²) in [7, 11) is 0. The van der Waals surface area contributed by atoms with E-state index in [0.717, 1.165) is 35.0 Å². The van der Waals surface area contributed by atoms with E-state index in [2.05, 4.69) is 40.3 Å². The quantitative estimate of drug-likeness (QED) is 0.757. The van der Waals surface area contributed by atoms with E-state index >= 15 is 0 Å². The summed E-state index contributed by atoms with van der Waals surface area (Å²) in [5.74, 6) is -0.135. The van der Waals surface area contributed by atoms with Gasteiger partial charge in [0.05, 0.1) is 0 Å². The number of rotatable bonds is 6. The maximum absolute atomic E-state index is 14.2. The molecule has 0 aliphatic rings. The average molecular weight is 350 g/mol. The molecule has 0 aliphatic carbocycles. The highest BCUT2D eigenvalue weighted by Gasteiger charge is 2.16. The molecule has 1 N–H and O–H groups in total. The summed E-state index contributed by atoms with van der Waals surface area (Å²) in [6.45, 7) is 5.00. The Morgan fingerprint density at radius 1 is 1.19 bits per heavy atom. The minimum absolute atomic E-state index is 0.000787. The third-order valence-corrected chi connectivity index (χ3v) is 3.99. The van der Waals surface area contributed by atoms with Crippen molar-refractivity contribution in [3.63, 3.8) is 0 Å². The summed E-state index contributed by atoms with van der Waals surface area (Å²) in [5, 5.41) is 3.47. The standard InChI is InChI=1S/C18H21BrFN/c1-3-9-21-18(12-14-5-4-6-15(19)11-14)16-10-13(2)7-8-17(16)20/h4-8,10-11,18,21H,3,9,12H2,1-2H3. The van der Waals surface area contributed by atoms with E-state index < -0.39 is 0 Å². The highest BCUT2D eigenvalue weighted by molar-refractivity contribution is 9.10. The molecule has 1 unspecified atom stereocenters. The maximum Gasteiger partial charge on any atom is 0.128 e. The number of aryl methyl sites for hydroxylation is 1. The number of halogens is 2. The van der Waals surface area contributed by atoms with Gasteiger partial charge in [-0.25, -0.2) is 4.39 Å². The van der Waals surface area contributed by atoms with Crippen molar-refractivity contribution in [3.8, 4) is 0 Å². The first kappa shape index (κ1) is 16.2. The van der Waals surface area contributed by atoms with Crippen molar-refractivity contribution in [3.05, 3.63) is 69.4 Å². The fourth-order valence-corrected chi connectivity index (χ4v) is 2.89. The first-order chi connectivity index (χ1) is 10.1. The summed E-state index contributed by atoms with van der Waals surface area (Å²) in [6, 6.07) is 13.5. The van der Waals surface area contributed by atoms with E-state index in [1.54, 1.807) is 6.07 Å². The Kier molecular flexibility index (Phi) is 5.95. The van der Waals surface area contributed by atoms with Crippen molar-refractivity contribution in [2.45, 2.75) is 32.7 Å². The molecular formula is C18H21BrFN. The fourth-order valence-electron chi connectivity index (χ4n) is 2.44. The largest absolute Gasteiger partial charge is 0.310 e. The Hall–Kier alpha value is -1.19. The van der Waals surface area contributed by atoms with Crippen LogP contribution >= 0.6 is 15.9 Å². The van der Waals surface area contributed by atoms with Gasteiger partial charge >= 0.3 is 0 Å². The molecule has 0 fully saturated rings. The molecule has 0 saturated carbocycles. The fraction of sp³-hybridized carbons (Fsp3) is 0.333. The van der Waals surface area contributed by atoms with Crippen LogP contribution in [-0.2, 0) is 6.42 Å². The van der Waals surface area contributed by atoms with Crippen LogP contribution in [0.3, 0.4) is 0 Å². The molecule has 0 spiro atoms. The number of nitrogens with one attached hydrogen (secondary N) is 1. The maximum atomic E-state index is 14.2. The molecule has 1 nitrogen and oxygen atoms in total. The van der Waals surface area contributed by atoms with E-state index in [9.17, 15) is 4.39 Å². The first-order valence-corrected chi connectivity index (χ1v) is 8.13. The van der Waals surface area contributed by atoms with Gasteiger partial charge in [0.15, 0.2) is 0 Å². The zero-order valence-electron chi connectivity index (χ0n) is 12.5. The lowest BCUT2D eigenvalue weighted by Gasteiger charge is -2.20. The lowest BCUT2D eigenvalue weighted by Crippen LogP contribution is -2.25. The summed E-state index contributed by atoms with van der Waals surface area (Å²) in [5.41, 5.74) is 3.03. The van der Waals surface area contributed by atoms with Gasteiger partial charge in [-0.2, -0.15) is 0 Å². The lowest BCUT2D eigenvalue weighted by atomic mass is 9.97. The van der Waals surface area contributed by atoms with Gasteiger partial charge < -0.3 is 5.32 Å². The molecule has 0 aromatic heterocycles. The van der Waals surface area contributed by atoms with Crippen LogP contribution in [0, 0.1) is 12.7 Å². The molecule has 2 aromatic rings. The Balaban J connectivity index is 2.27.